The zero-order chi connectivity index (χ0) is 12.3. The minimum Gasteiger partial charge on any atom is -0.379 e. The smallest absolute Gasteiger partial charge is 0.0661 e. The monoisotopic (exact) mass is 235 g/mol. The zero-order valence-electron chi connectivity index (χ0n) is 11.1. The number of rotatable bonds is 9. The molecule has 0 aliphatic carbocycles. The van der Waals surface area contributed by atoms with E-state index in [1.54, 1.807) is 0 Å². The maximum Gasteiger partial charge on any atom is 0.0661 e. The lowest BCUT2D eigenvalue weighted by molar-refractivity contribution is 0.110. The van der Waals surface area contributed by atoms with Gasteiger partial charge in [0.2, 0.25) is 0 Å². The van der Waals surface area contributed by atoms with Crippen LogP contribution in [-0.4, -0.2) is 20.3 Å². The van der Waals surface area contributed by atoms with E-state index < -0.39 is 0 Å². The maximum atomic E-state index is 5.73. The van der Waals surface area contributed by atoms with Crippen molar-refractivity contribution in [2.24, 2.45) is 0 Å². The molecule has 0 aromatic heterocycles. The van der Waals surface area contributed by atoms with Crippen molar-refractivity contribution in [2.45, 2.75) is 38.6 Å². The maximum absolute atomic E-state index is 5.73. The van der Waals surface area contributed by atoms with Crippen LogP contribution in [0.5, 0.6) is 0 Å². The van der Waals surface area contributed by atoms with Gasteiger partial charge in [-0.1, -0.05) is 56.5 Å². The Hall–Kier alpha value is -0.860. The number of unbranched alkanes of at least 4 members (excludes halogenated alkanes) is 3. The molecule has 0 saturated heterocycles. The Balaban J connectivity index is 2.20. The summed E-state index contributed by atoms with van der Waals surface area (Å²) >= 11 is 0. The van der Waals surface area contributed by atoms with Crippen molar-refractivity contribution in [2.75, 3.05) is 20.3 Å². The van der Waals surface area contributed by atoms with Gasteiger partial charge in [0, 0.05) is 6.61 Å². The Morgan fingerprint density at radius 1 is 1.12 bits per heavy atom. The van der Waals surface area contributed by atoms with Gasteiger partial charge in [0.25, 0.3) is 0 Å². The number of hydrogen-bond acceptors (Lipinski definition) is 2. The second-order valence-corrected chi connectivity index (χ2v) is 4.39. The van der Waals surface area contributed by atoms with Gasteiger partial charge in [0.15, 0.2) is 0 Å². The van der Waals surface area contributed by atoms with Crippen molar-refractivity contribution in [3.05, 3.63) is 35.9 Å². The predicted molar refractivity (Wildman–Crippen MR) is 73.2 cm³/mol. The van der Waals surface area contributed by atoms with Crippen LogP contribution in [0.2, 0.25) is 0 Å². The van der Waals surface area contributed by atoms with Crippen molar-refractivity contribution in [1.29, 1.82) is 0 Å². The van der Waals surface area contributed by atoms with Crippen LogP contribution >= 0.6 is 0 Å². The summed E-state index contributed by atoms with van der Waals surface area (Å²) in [5, 5.41) is 3.30. The number of hydrogen-bond donors (Lipinski definition) is 1. The molecular formula is C15H25NO. The second kappa shape index (κ2) is 9.20. The van der Waals surface area contributed by atoms with Crippen molar-refractivity contribution < 1.29 is 4.74 Å². The topological polar surface area (TPSA) is 21.3 Å². The third-order valence-corrected chi connectivity index (χ3v) is 2.98. The van der Waals surface area contributed by atoms with Crippen LogP contribution in [0.15, 0.2) is 30.3 Å². The molecule has 0 amide bonds. The summed E-state index contributed by atoms with van der Waals surface area (Å²) in [5.74, 6) is 0. The van der Waals surface area contributed by atoms with E-state index in [4.69, 9.17) is 4.74 Å². The van der Waals surface area contributed by atoms with E-state index in [1.165, 1.54) is 31.2 Å². The number of likely N-dealkylation sites (N-methyl/N-ethyl adjacent to an activating group) is 1. The van der Waals surface area contributed by atoms with Gasteiger partial charge in [0.05, 0.1) is 12.6 Å². The third kappa shape index (κ3) is 5.85. The largest absolute Gasteiger partial charge is 0.379 e. The van der Waals surface area contributed by atoms with Crippen LogP contribution in [0.1, 0.15) is 44.2 Å². The van der Waals surface area contributed by atoms with E-state index in [2.05, 4.69) is 36.5 Å². The fourth-order valence-electron chi connectivity index (χ4n) is 1.86. The van der Waals surface area contributed by atoms with Gasteiger partial charge in [-0.2, -0.15) is 0 Å². The van der Waals surface area contributed by atoms with Gasteiger partial charge in [-0.25, -0.2) is 0 Å². The average Bonchev–Trinajstić information content (AvgIpc) is 2.39. The summed E-state index contributed by atoms with van der Waals surface area (Å²) in [7, 11) is 1.98. The molecule has 0 aliphatic heterocycles. The highest BCUT2D eigenvalue weighted by Crippen LogP contribution is 2.12. The first kappa shape index (κ1) is 14.2. The fraction of sp³-hybridized carbons (Fsp3) is 0.600. The molecular weight excluding hydrogens is 210 g/mol. The van der Waals surface area contributed by atoms with Crippen LogP contribution in [0.25, 0.3) is 0 Å². The summed E-state index contributed by atoms with van der Waals surface area (Å²) < 4.78 is 5.73. The van der Waals surface area contributed by atoms with Crippen LogP contribution in [-0.2, 0) is 4.74 Å². The lowest BCUT2D eigenvalue weighted by Crippen LogP contribution is -2.22. The van der Waals surface area contributed by atoms with Crippen molar-refractivity contribution >= 4 is 0 Å². The van der Waals surface area contributed by atoms with E-state index in [-0.39, 0.29) is 0 Å². The van der Waals surface area contributed by atoms with Crippen LogP contribution in [0.3, 0.4) is 0 Å². The zero-order valence-corrected chi connectivity index (χ0v) is 11.1. The minimum atomic E-state index is 0.308. The first-order valence-electron chi connectivity index (χ1n) is 6.68. The Morgan fingerprint density at radius 3 is 2.53 bits per heavy atom. The molecule has 0 bridgehead atoms. The van der Waals surface area contributed by atoms with Gasteiger partial charge in [0.1, 0.15) is 0 Å². The molecule has 2 heteroatoms. The molecule has 1 unspecified atom stereocenters. The summed E-state index contributed by atoms with van der Waals surface area (Å²) in [6.07, 6.45) is 5.06. The van der Waals surface area contributed by atoms with Gasteiger partial charge in [-0.3, -0.25) is 0 Å². The predicted octanol–water partition coefficient (Wildman–Crippen LogP) is 3.54. The van der Waals surface area contributed by atoms with E-state index in [0.29, 0.717) is 6.04 Å². The first-order chi connectivity index (χ1) is 8.38. The van der Waals surface area contributed by atoms with Crippen molar-refractivity contribution in [3.8, 4) is 0 Å². The van der Waals surface area contributed by atoms with Gasteiger partial charge in [-0.05, 0) is 19.0 Å². The summed E-state index contributed by atoms with van der Waals surface area (Å²) in [6, 6.07) is 10.8. The normalized spacial score (nSPS) is 12.6. The minimum absolute atomic E-state index is 0.308. The Bertz CT molecular complexity index is 274. The molecule has 0 aliphatic rings. The lowest BCUT2D eigenvalue weighted by atomic mass is 10.1. The highest BCUT2D eigenvalue weighted by atomic mass is 16.5. The molecule has 1 aromatic carbocycles. The van der Waals surface area contributed by atoms with E-state index in [9.17, 15) is 0 Å². The van der Waals surface area contributed by atoms with Crippen molar-refractivity contribution in [3.63, 3.8) is 0 Å². The molecule has 1 aromatic rings. The Morgan fingerprint density at radius 2 is 1.88 bits per heavy atom. The highest BCUT2D eigenvalue weighted by molar-refractivity contribution is 5.18. The quantitative estimate of drug-likeness (QED) is 0.661. The number of nitrogens with one attached hydrogen (secondary N) is 1. The first-order valence-corrected chi connectivity index (χ1v) is 6.68. The number of ether oxygens (including phenoxy) is 1. The van der Waals surface area contributed by atoms with Crippen LogP contribution in [0.4, 0.5) is 0 Å². The third-order valence-electron chi connectivity index (χ3n) is 2.98. The summed E-state index contributed by atoms with van der Waals surface area (Å²) in [6.45, 7) is 3.87. The molecule has 1 atom stereocenters. The van der Waals surface area contributed by atoms with Gasteiger partial charge >= 0.3 is 0 Å². The van der Waals surface area contributed by atoms with E-state index in [0.717, 1.165) is 13.2 Å². The highest BCUT2D eigenvalue weighted by Gasteiger charge is 2.07. The number of benzene rings is 1. The molecule has 1 N–H and O–H groups in total. The van der Waals surface area contributed by atoms with Crippen LogP contribution in [0, 0.1) is 0 Å². The molecule has 0 radical (unpaired) electrons. The molecule has 0 saturated carbocycles. The molecule has 1 rings (SSSR count). The lowest BCUT2D eigenvalue weighted by Gasteiger charge is -2.16. The summed E-state index contributed by atoms with van der Waals surface area (Å²) in [4.78, 5) is 0. The fourth-order valence-corrected chi connectivity index (χ4v) is 1.86. The second-order valence-electron chi connectivity index (χ2n) is 4.39. The van der Waals surface area contributed by atoms with Gasteiger partial charge in [-0.15, -0.1) is 0 Å². The van der Waals surface area contributed by atoms with E-state index in [1.807, 2.05) is 13.1 Å². The Labute approximate surface area is 105 Å². The molecule has 0 fully saturated rings. The molecule has 2 nitrogen and oxygen atoms in total. The summed E-state index contributed by atoms with van der Waals surface area (Å²) in [5.41, 5.74) is 1.29. The SMILES string of the molecule is CCCCCCOCC(NC)c1ccccc1. The van der Waals surface area contributed by atoms with Crippen molar-refractivity contribution in [1.82, 2.24) is 5.32 Å². The average molecular weight is 235 g/mol. The van der Waals surface area contributed by atoms with Crippen LogP contribution < -0.4 is 5.32 Å². The molecule has 0 heterocycles. The standard InChI is InChI=1S/C15H25NO/c1-3-4-5-9-12-17-13-15(16-2)14-10-7-6-8-11-14/h6-8,10-11,15-16H,3-5,9,12-13H2,1-2H3. The Kier molecular flexibility index (Phi) is 7.69. The molecule has 17 heavy (non-hydrogen) atoms. The van der Waals surface area contributed by atoms with Gasteiger partial charge < -0.3 is 10.1 Å². The molecule has 96 valence electrons. The van der Waals surface area contributed by atoms with E-state index >= 15 is 0 Å². The molecule has 0 spiro atoms.